The van der Waals surface area contributed by atoms with Crippen molar-refractivity contribution >= 4 is 11.0 Å². The molecule has 4 rings (SSSR count). The number of fused-ring (bicyclic) bond motifs is 1. The molecule has 176 valence electrons. The lowest BCUT2D eigenvalue weighted by Gasteiger charge is -2.14. The van der Waals surface area contributed by atoms with Gasteiger partial charge in [0.25, 0.3) is 0 Å². The monoisotopic (exact) mass is 486 g/mol. The highest BCUT2D eigenvalue weighted by Gasteiger charge is 2.39. The Hall–Kier alpha value is -3.89. The summed E-state index contributed by atoms with van der Waals surface area (Å²) in [7, 11) is 0. The molecule has 3 aromatic carbocycles. The average Bonchev–Trinajstić information content (AvgIpc) is 2.81. The van der Waals surface area contributed by atoms with Gasteiger partial charge in [-0.05, 0) is 17.7 Å². The van der Waals surface area contributed by atoms with Crippen molar-refractivity contribution in [1.82, 2.24) is 0 Å². The Kier molecular flexibility index (Phi) is 5.80. The summed E-state index contributed by atoms with van der Waals surface area (Å²) in [4.78, 5) is 12.9. The molecule has 0 fully saturated rings. The first-order valence-electron chi connectivity index (χ1n) is 9.37. The fraction of sp³-hybridized carbons (Fsp3) is 0.0870. The van der Waals surface area contributed by atoms with Crippen LogP contribution in [-0.4, -0.2) is 0 Å². The minimum absolute atomic E-state index is 0.0304. The molecule has 1 aromatic heterocycles. The maximum absolute atomic E-state index is 13.8. The van der Waals surface area contributed by atoms with E-state index in [0.29, 0.717) is 0 Å². The van der Waals surface area contributed by atoms with Crippen LogP contribution < -0.4 is 10.2 Å². The Morgan fingerprint density at radius 2 is 1.38 bits per heavy atom. The van der Waals surface area contributed by atoms with Gasteiger partial charge in [0.15, 0.2) is 23.3 Å². The van der Waals surface area contributed by atoms with Crippen LogP contribution in [0.3, 0.4) is 0 Å². The van der Waals surface area contributed by atoms with Gasteiger partial charge in [-0.1, -0.05) is 30.3 Å². The van der Waals surface area contributed by atoms with Crippen molar-refractivity contribution in [3.63, 3.8) is 0 Å². The first kappa shape index (κ1) is 23.3. The SMILES string of the molecule is O=c1c(-c2ccccc2)c(C(F)(F)F)oc2cc(OCc3c(F)c(F)c(F)c(F)c3F)ccc12. The van der Waals surface area contributed by atoms with Crippen molar-refractivity contribution < 1.29 is 44.3 Å². The molecule has 0 radical (unpaired) electrons. The highest BCUT2D eigenvalue weighted by molar-refractivity contribution is 5.84. The van der Waals surface area contributed by atoms with Gasteiger partial charge in [0, 0.05) is 6.07 Å². The molecule has 0 saturated carbocycles. The second-order valence-corrected chi connectivity index (χ2v) is 6.99. The molecule has 0 unspecified atom stereocenters. The second-order valence-electron chi connectivity index (χ2n) is 6.99. The zero-order chi connectivity index (χ0) is 24.8. The number of hydrogen-bond acceptors (Lipinski definition) is 3. The first-order chi connectivity index (χ1) is 16.0. The molecule has 0 aliphatic heterocycles. The molecule has 0 atom stereocenters. The highest BCUT2D eigenvalue weighted by Crippen LogP contribution is 2.38. The summed E-state index contributed by atoms with van der Waals surface area (Å²) in [6.07, 6.45) is -5.05. The van der Waals surface area contributed by atoms with Crippen molar-refractivity contribution in [2.75, 3.05) is 0 Å². The normalized spacial score (nSPS) is 11.8. The molecule has 0 aliphatic carbocycles. The van der Waals surface area contributed by atoms with Gasteiger partial charge in [0.1, 0.15) is 17.9 Å². The Labute approximate surface area is 184 Å². The van der Waals surface area contributed by atoms with Gasteiger partial charge >= 0.3 is 6.18 Å². The van der Waals surface area contributed by atoms with Crippen molar-refractivity contribution in [1.29, 1.82) is 0 Å². The van der Waals surface area contributed by atoms with E-state index in [-0.39, 0.29) is 16.7 Å². The Balaban J connectivity index is 1.78. The standard InChI is InChI=1S/C23H10F8O3/c24-16-13(17(25)19(27)20(28)18(16)26)9-33-11-6-7-12-14(8-11)34-22(23(29,30)31)15(21(12)32)10-4-2-1-3-5-10/h1-8H,9H2. The molecule has 11 heteroatoms. The van der Waals surface area contributed by atoms with E-state index in [1.54, 1.807) is 6.07 Å². The van der Waals surface area contributed by atoms with Crippen molar-refractivity contribution in [2.24, 2.45) is 0 Å². The van der Waals surface area contributed by atoms with E-state index in [9.17, 15) is 39.9 Å². The Bertz CT molecular complexity index is 1430. The van der Waals surface area contributed by atoms with E-state index in [1.165, 1.54) is 24.3 Å². The van der Waals surface area contributed by atoms with Crippen LogP contribution in [0.15, 0.2) is 57.7 Å². The maximum atomic E-state index is 13.8. The quantitative estimate of drug-likeness (QED) is 0.182. The molecule has 0 aliphatic rings. The summed E-state index contributed by atoms with van der Waals surface area (Å²) in [5.41, 5.74) is -3.58. The molecule has 4 aromatic rings. The minimum atomic E-state index is -5.05. The summed E-state index contributed by atoms with van der Waals surface area (Å²) in [6, 6.07) is 10.0. The van der Waals surface area contributed by atoms with Gasteiger partial charge in [0.2, 0.25) is 17.0 Å². The van der Waals surface area contributed by atoms with Crippen LogP contribution in [-0.2, 0) is 12.8 Å². The van der Waals surface area contributed by atoms with Gasteiger partial charge in [-0.25, -0.2) is 22.0 Å². The van der Waals surface area contributed by atoms with Crippen LogP contribution in [0, 0.1) is 29.1 Å². The molecule has 3 nitrogen and oxygen atoms in total. The largest absolute Gasteiger partial charge is 0.489 e. The number of hydrogen-bond donors (Lipinski definition) is 0. The lowest BCUT2D eigenvalue weighted by Crippen LogP contribution is -2.16. The molecule has 0 amide bonds. The van der Waals surface area contributed by atoms with Crippen LogP contribution >= 0.6 is 0 Å². The van der Waals surface area contributed by atoms with E-state index in [0.717, 1.165) is 18.2 Å². The molecular weight excluding hydrogens is 476 g/mol. The van der Waals surface area contributed by atoms with Crippen LogP contribution in [0.5, 0.6) is 5.75 Å². The second kappa shape index (κ2) is 8.47. The third-order valence-corrected chi connectivity index (χ3v) is 4.87. The molecule has 34 heavy (non-hydrogen) atoms. The van der Waals surface area contributed by atoms with Gasteiger partial charge in [-0.15, -0.1) is 0 Å². The predicted molar refractivity (Wildman–Crippen MR) is 103 cm³/mol. The van der Waals surface area contributed by atoms with E-state index in [1.807, 2.05) is 0 Å². The van der Waals surface area contributed by atoms with E-state index >= 15 is 0 Å². The maximum Gasteiger partial charge on any atom is 0.450 e. The Morgan fingerprint density at radius 1 is 0.794 bits per heavy atom. The first-order valence-corrected chi connectivity index (χ1v) is 9.37. The van der Waals surface area contributed by atoms with Crippen LogP contribution in [0.2, 0.25) is 0 Å². The zero-order valence-electron chi connectivity index (χ0n) is 16.6. The zero-order valence-corrected chi connectivity index (χ0v) is 16.6. The highest BCUT2D eigenvalue weighted by atomic mass is 19.4. The van der Waals surface area contributed by atoms with E-state index in [4.69, 9.17) is 9.15 Å². The summed E-state index contributed by atoms with van der Waals surface area (Å²) in [5, 5.41) is -0.254. The fourth-order valence-electron chi connectivity index (χ4n) is 3.26. The number of halogens is 8. The third-order valence-electron chi connectivity index (χ3n) is 4.87. The molecule has 0 spiro atoms. The number of ether oxygens (including phenoxy) is 1. The number of benzene rings is 3. The minimum Gasteiger partial charge on any atom is -0.489 e. The topological polar surface area (TPSA) is 39.4 Å². The average molecular weight is 486 g/mol. The fourth-order valence-corrected chi connectivity index (χ4v) is 3.26. The summed E-state index contributed by atoms with van der Waals surface area (Å²) in [6.45, 7) is -1.14. The number of rotatable bonds is 4. The van der Waals surface area contributed by atoms with Crippen molar-refractivity contribution in [3.05, 3.63) is 99.2 Å². The van der Waals surface area contributed by atoms with E-state index < -0.39 is 69.8 Å². The number of alkyl halides is 3. The lowest BCUT2D eigenvalue weighted by atomic mass is 10.0. The third kappa shape index (κ3) is 3.97. The van der Waals surface area contributed by atoms with Crippen molar-refractivity contribution in [3.8, 4) is 16.9 Å². The van der Waals surface area contributed by atoms with Gasteiger partial charge < -0.3 is 9.15 Å². The summed E-state index contributed by atoms with van der Waals surface area (Å²) < 4.78 is 118. The van der Waals surface area contributed by atoms with Crippen LogP contribution in [0.1, 0.15) is 11.3 Å². The lowest BCUT2D eigenvalue weighted by molar-refractivity contribution is -0.152. The van der Waals surface area contributed by atoms with Gasteiger partial charge in [-0.2, -0.15) is 13.2 Å². The summed E-state index contributed by atoms with van der Waals surface area (Å²) >= 11 is 0. The molecule has 0 bridgehead atoms. The van der Waals surface area contributed by atoms with Gasteiger partial charge in [0.05, 0.1) is 16.5 Å². The smallest absolute Gasteiger partial charge is 0.450 e. The Morgan fingerprint density at radius 3 is 1.97 bits per heavy atom. The molecule has 0 N–H and O–H groups in total. The van der Waals surface area contributed by atoms with Crippen molar-refractivity contribution in [2.45, 2.75) is 12.8 Å². The molecule has 0 saturated heterocycles. The van der Waals surface area contributed by atoms with Crippen LogP contribution in [0.4, 0.5) is 35.1 Å². The van der Waals surface area contributed by atoms with Crippen LogP contribution in [0.25, 0.3) is 22.1 Å². The van der Waals surface area contributed by atoms with Gasteiger partial charge in [-0.3, -0.25) is 4.79 Å². The molecule has 1 heterocycles. The predicted octanol–water partition coefficient (Wildman–Crippen LogP) is 6.75. The van der Waals surface area contributed by atoms with E-state index in [2.05, 4.69) is 0 Å². The summed E-state index contributed by atoms with van der Waals surface area (Å²) in [5.74, 6) is -12.9. The molecular formula is C23H10F8O3.